The minimum absolute atomic E-state index is 0.0813. The molecule has 0 aliphatic rings. The van der Waals surface area contributed by atoms with Crippen molar-refractivity contribution in [3.8, 4) is 0 Å². The zero-order chi connectivity index (χ0) is 12.8. The third-order valence-corrected chi connectivity index (χ3v) is 3.14. The first-order valence-electron chi connectivity index (χ1n) is 6.18. The lowest BCUT2D eigenvalue weighted by Gasteiger charge is -2.22. The van der Waals surface area contributed by atoms with E-state index in [1.54, 1.807) is 0 Å². The lowest BCUT2D eigenvalue weighted by Crippen LogP contribution is -2.20. The Balaban J connectivity index is 2.61. The van der Waals surface area contributed by atoms with E-state index >= 15 is 0 Å². The molecule has 0 amide bonds. The molecule has 0 radical (unpaired) electrons. The fourth-order valence-electron chi connectivity index (χ4n) is 2.01. The topological polar surface area (TPSA) is 17.8 Å². The number of imidazole rings is 1. The molecule has 0 atom stereocenters. The molecule has 0 spiro atoms. The van der Waals surface area contributed by atoms with Crippen LogP contribution in [0.25, 0.3) is 11.0 Å². The molecule has 1 aromatic heterocycles. The molecule has 2 aromatic rings. The SMILES string of the molecule is CC(C)(C)c1ccc2c(c1)ncn2C(C)(C)C. The maximum Gasteiger partial charge on any atom is 0.0963 e. The van der Waals surface area contributed by atoms with Gasteiger partial charge in [-0.05, 0) is 43.9 Å². The molecule has 2 heteroatoms. The third-order valence-electron chi connectivity index (χ3n) is 3.14. The lowest BCUT2D eigenvalue weighted by atomic mass is 9.87. The van der Waals surface area contributed by atoms with E-state index < -0.39 is 0 Å². The van der Waals surface area contributed by atoms with Gasteiger partial charge in [0.1, 0.15) is 0 Å². The minimum atomic E-state index is 0.0813. The molecule has 1 aromatic carbocycles. The quantitative estimate of drug-likeness (QED) is 0.666. The van der Waals surface area contributed by atoms with Gasteiger partial charge >= 0.3 is 0 Å². The highest BCUT2D eigenvalue weighted by Gasteiger charge is 2.18. The molecule has 0 fully saturated rings. The van der Waals surface area contributed by atoms with Gasteiger partial charge in [-0.15, -0.1) is 0 Å². The molecule has 0 saturated heterocycles. The number of fused-ring (bicyclic) bond motifs is 1. The first-order chi connectivity index (χ1) is 7.69. The van der Waals surface area contributed by atoms with Crippen molar-refractivity contribution in [2.75, 3.05) is 0 Å². The molecule has 17 heavy (non-hydrogen) atoms. The Bertz CT molecular complexity index is 536. The third kappa shape index (κ3) is 2.21. The van der Waals surface area contributed by atoms with Crippen LogP contribution in [0.3, 0.4) is 0 Å². The number of aromatic nitrogens is 2. The molecule has 0 bridgehead atoms. The number of nitrogens with zero attached hydrogens (tertiary/aromatic N) is 2. The molecule has 1 heterocycles. The monoisotopic (exact) mass is 230 g/mol. The van der Waals surface area contributed by atoms with Gasteiger partial charge in [0, 0.05) is 5.54 Å². The zero-order valence-electron chi connectivity index (χ0n) is 11.7. The van der Waals surface area contributed by atoms with Crippen LogP contribution >= 0.6 is 0 Å². The standard InChI is InChI=1S/C15H22N2/c1-14(2,3)11-7-8-13-12(9-11)16-10-17(13)15(4,5)6/h7-10H,1-6H3. The van der Waals surface area contributed by atoms with Gasteiger partial charge in [0.2, 0.25) is 0 Å². The molecule has 0 unspecified atom stereocenters. The van der Waals surface area contributed by atoms with Gasteiger partial charge in [0.15, 0.2) is 0 Å². The normalized spacial score (nSPS) is 13.3. The molecule has 0 saturated carbocycles. The summed E-state index contributed by atoms with van der Waals surface area (Å²) in [5.74, 6) is 0. The Kier molecular flexibility index (Phi) is 2.57. The van der Waals surface area contributed by atoms with Gasteiger partial charge in [-0.25, -0.2) is 4.98 Å². The van der Waals surface area contributed by atoms with E-state index in [2.05, 4.69) is 69.3 Å². The summed E-state index contributed by atoms with van der Waals surface area (Å²) in [7, 11) is 0. The molecule has 2 nitrogen and oxygen atoms in total. The highest BCUT2D eigenvalue weighted by molar-refractivity contribution is 5.76. The Labute approximate surface area is 104 Å². The largest absolute Gasteiger partial charge is 0.325 e. The Morgan fingerprint density at radius 3 is 2.18 bits per heavy atom. The van der Waals surface area contributed by atoms with Crippen molar-refractivity contribution in [2.45, 2.75) is 52.5 Å². The van der Waals surface area contributed by atoms with Crippen LogP contribution in [-0.4, -0.2) is 9.55 Å². The highest BCUT2D eigenvalue weighted by Crippen LogP contribution is 2.27. The zero-order valence-corrected chi connectivity index (χ0v) is 11.7. The molecule has 0 aliphatic carbocycles. The van der Waals surface area contributed by atoms with E-state index in [4.69, 9.17) is 0 Å². The molecular weight excluding hydrogens is 208 g/mol. The Morgan fingerprint density at radius 1 is 1.00 bits per heavy atom. The number of hydrogen-bond donors (Lipinski definition) is 0. The summed E-state index contributed by atoms with van der Waals surface area (Å²) in [4.78, 5) is 4.52. The average molecular weight is 230 g/mol. The van der Waals surface area contributed by atoms with Crippen LogP contribution in [0, 0.1) is 0 Å². The van der Waals surface area contributed by atoms with Gasteiger partial charge < -0.3 is 4.57 Å². The fraction of sp³-hybridized carbons (Fsp3) is 0.533. The number of hydrogen-bond acceptors (Lipinski definition) is 1. The van der Waals surface area contributed by atoms with E-state index in [9.17, 15) is 0 Å². The molecular formula is C15H22N2. The van der Waals surface area contributed by atoms with Crippen LogP contribution in [0.1, 0.15) is 47.1 Å². The van der Waals surface area contributed by atoms with Crippen LogP contribution < -0.4 is 0 Å². The van der Waals surface area contributed by atoms with Crippen LogP contribution in [-0.2, 0) is 11.0 Å². The number of rotatable bonds is 0. The van der Waals surface area contributed by atoms with Crippen LogP contribution in [0.4, 0.5) is 0 Å². The average Bonchev–Trinajstić information content (AvgIpc) is 2.57. The fourth-order valence-corrected chi connectivity index (χ4v) is 2.01. The Hall–Kier alpha value is -1.31. The smallest absolute Gasteiger partial charge is 0.0963 e. The van der Waals surface area contributed by atoms with Gasteiger partial charge in [-0.2, -0.15) is 0 Å². The van der Waals surface area contributed by atoms with Gasteiger partial charge in [-0.1, -0.05) is 26.8 Å². The van der Waals surface area contributed by atoms with E-state index in [1.165, 1.54) is 11.1 Å². The van der Waals surface area contributed by atoms with Crippen molar-refractivity contribution in [3.63, 3.8) is 0 Å². The van der Waals surface area contributed by atoms with Crippen molar-refractivity contribution in [2.24, 2.45) is 0 Å². The van der Waals surface area contributed by atoms with Crippen molar-refractivity contribution in [3.05, 3.63) is 30.1 Å². The summed E-state index contributed by atoms with van der Waals surface area (Å²) in [6.45, 7) is 13.3. The molecule has 92 valence electrons. The van der Waals surface area contributed by atoms with Gasteiger partial charge in [0.05, 0.1) is 17.4 Å². The van der Waals surface area contributed by atoms with Gasteiger partial charge in [0.25, 0.3) is 0 Å². The van der Waals surface area contributed by atoms with Crippen LogP contribution in [0.2, 0.25) is 0 Å². The summed E-state index contributed by atoms with van der Waals surface area (Å²) >= 11 is 0. The van der Waals surface area contributed by atoms with Gasteiger partial charge in [-0.3, -0.25) is 0 Å². The van der Waals surface area contributed by atoms with Crippen LogP contribution in [0.5, 0.6) is 0 Å². The second kappa shape index (κ2) is 3.59. The first-order valence-corrected chi connectivity index (χ1v) is 6.18. The summed E-state index contributed by atoms with van der Waals surface area (Å²) in [5.41, 5.74) is 3.90. The Morgan fingerprint density at radius 2 is 1.65 bits per heavy atom. The maximum atomic E-state index is 4.52. The molecule has 0 N–H and O–H groups in total. The van der Waals surface area contributed by atoms with E-state index in [0.29, 0.717) is 0 Å². The summed E-state index contributed by atoms with van der Waals surface area (Å²) in [6, 6.07) is 6.61. The predicted molar refractivity (Wildman–Crippen MR) is 73.4 cm³/mol. The van der Waals surface area contributed by atoms with Crippen LogP contribution in [0.15, 0.2) is 24.5 Å². The predicted octanol–water partition coefficient (Wildman–Crippen LogP) is 4.09. The number of benzene rings is 1. The van der Waals surface area contributed by atoms with Crippen molar-refractivity contribution in [1.29, 1.82) is 0 Å². The maximum absolute atomic E-state index is 4.52. The van der Waals surface area contributed by atoms with E-state index in [0.717, 1.165) is 5.52 Å². The summed E-state index contributed by atoms with van der Waals surface area (Å²) in [6.07, 6.45) is 1.94. The summed E-state index contributed by atoms with van der Waals surface area (Å²) in [5, 5.41) is 0. The first kappa shape index (κ1) is 12.2. The molecule has 0 aliphatic heterocycles. The molecule has 2 rings (SSSR count). The highest BCUT2D eigenvalue weighted by atomic mass is 15.1. The summed E-state index contributed by atoms with van der Waals surface area (Å²) < 4.78 is 2.23. The van der Waals surface area contributed by atoms with E-state index in [-0.39, 0.29) is 11.0 Å². The van der Waals surface area contributed by atoms with Crippen molar-refractivity contribution in [1.82, 2.24) is 9.55 Å². The van der Waals surface area contributed by atoms with E-state index in [1.807, 2.05) is 6.33 Å². The second-order valence-electron chi connectivity index (χ2n) is 6.74. The minimum Gasteiger partial charge on any atom is -0.325 e. The van der Waals surface area contributed by atoms with Crippen molar-refractivity contribution < 1.29 is 0 Å². The van der Waals surface area contributed by atoms with Crippen molar-refractivity contribution >= 4 is 11.0 Å². The lowest BCUT2D eigenvalue weighted by molar-refractivity contribution is 0.408. The second-order valence-corrected chi connectivity index (χ2v) is 6.74.